The predicted molar refractivity (Wildman–Crippen MR) is 71.8 cm³/mol. The molecule has 21 heavy (non-hydrogen) atoms. The number of hydrogen-bond donors (Lipinski definition) is 0. The molecule has 2 aliphatic rings. The van der Waals surface area contributed by atoms with Gasteiger partial charge in [-0.1, -0.05) is 6.42 Å². The van der Waals surface area contributed by atoms with Crippen molar-refractivity contribution in [1.29, 1.82) is 0 Å². The summed E-state index contributed by atoms with van der Waals surface area (Å²) in [4.78, 5) is 14.3. The molecule has 1 aliphatic carbocycles. The normalized spacial score (nSPS) is 26.0. The van der Waals surface area contributed by atoms with Gasteiger partial charge in [-0.15, -0.1) is 0 Å². The highest BCUT2D eigenvalue weighted by atomic mass is 19.4. The monoisotopic (exact) mass is 300 g/mol. The molecule has 6 heteroatoms. The summed E-state index contributed by atoms with van der Waals surface area (Å²) in [5, 5.41) is 0. The molecule has 1 aliphatic heterocycles. The number of carbonyl (C=O) groups is 1. The highest BCUT2D eigenvalue weighted by molar-refractivity contribution is 5.96. The first-order valence-corrected chi connectivity index (χ1v) is 7.42. The molecule has 2 heterocycles. The number of halogens is 3. The Bertz CT molecular complexity index is 550. The van der Waals surface area contributed by atoms with Gasteiger partial charge < -0.3 is 9.47 Å². The average molecular weight is 300 g/mol. The fourth-order valence-corrected chi connectivity index (χ4v) is 3.84. The number of aromatic nitrogens is 1. The first-order valence-electron chi connectivity index (χ1n) is 7.42. The van der Waals surface area contributed by atoms with Gasteiger partial charge in [-0.25, -0.2) is 0 Å². The van der Waals surface area contributed by atoms with Crippen LogP contribution in [0.25, 0.3) is 0 Å². The van der Waals surface area contributed by atoms with Gasteiger partial charge in [-0.3, -0.25) is 4.79 Å². The molecular formula is C15H19F3N2O. The quantitative estimate of drug-likeness (QED) is 0.780. The van der Waals surface area contributed by atoms with Crippen molar-refractivity contribution in [2.24, 2.45) is 13.0 Å². The van der Waals surface area contributed by atoms with Crippen LogP contribution in [0.3, 0.4) is 0 Å². The lowest BCUT2D eigenvalue weighted by atomic mass is 9.91. The van der Waals surface area contributed by atoms with E-state index in [2.05, 4.69) is 0 Å². The minimum absolute atomic E-state index is 0.132. The first-order chi connectivity index (χ1) is 9.88. The lowest BCUT2D eigenvalue weighted by Crippen LogP contribution is -2.46. The molecule has 2 fully saturated rings. The summed E-state index contributed by atoms with van der Waals surface area (Å²) < 4.78 is 40.5. The van der Waals surface area contributed by atoms with E-state index in [-0.39, 0.29) is 11.6 Å². The van der Waals surface area contributed by atoms with Crippen molar-refractivity contribution in [2.75, 3.05) is 6.54 Å². The molecule has 0 bridgehead atoms. The van der Waals surface area contributed by atoms with Crippen LogP contribution in [0.15, 0.2) is 12.4 Å². The van der Waals surface area contributed by atoms with Gasteiger partial charge in [-0.2, -0.15) is 13.2 Å². The topological polar surface area (TPSA) is 25.2 Å². The van der Waals surface area contributed by atoms with Gasteiger partial charge in [-0.05, 0) is 31.6 Å². The first kappa shape index (κ1) is 14.5. The van der Waals surface area contributed by atoms with Crippen molar-refractivity contribution < 1.29 is 18.0 Å². The molecule has 0 radical (unpaired) electrons. The molecular weight excluding hydrogens is 281 g/mol. The van der Waals surface area contributed by atoms with E-state index in [1.807, 2.05) is 0 Å². The highest BCUT2D eigenvalue weighted by Crippen LogP contribution is 2.39. The van der Waals surface area contributed by atoms with Gasteiger partial charge in [0.05, 0.1) is 11.1 Å². The number of carbonyl (C=O) groups excluding carboxylic acids is 1. The van der Waals surface area contributed by atoms with E-state index in [0.717, 1.165) is 38.3 Å². The lowest BCUT2D eigenvalue weighted by molar-refractivity contribution is -0.138. The van der Waals surface area contributed by atoms with Crippen LogP contribution >= 0.6 is 0 Å². The van der Waals surface area contributed by atoms with E-state index in [4.69, 9.17) is 0 Å². The minimum Gasteiger partial charge on any atom is -0.356 e. The van der Waals surface area contributed by atoms with Crippen LogP contribution in [0.5, 0.6) is 0 Å². The van der Waals surface area contributed by atoms with Crippen molar-refractivity contribution in [3.63, 3.8) is 0 Å². The maximum atomic E-state index is 13.1. The molecule has 1 amide bonds. The Hall–Kier alpha value is -1.46. The number of aryl methyl sites for hydroxylation is 1. The van der Waals surface area contributed by atoms with Crippen molar-refractivity contribution in [1.82, 2.24) is 9.47 Å². The fraction of sp³-hybridized carbons (Fsp3) is 0.667. The van der Waals surface area contributed by atoms with Crippen LogP contribution in [0.2, 0.25) is 0 Å². The molecule has 0 aromatic carbocycles. The summed E-state index contributed by atoms with van der Waals surface area (Å²) in [6, 6.07) is 0.132. The van der Waals surface area contributed by atoms with Gasteiger partial charge in [0.1, 0.15) is 0 Å². The Labute approximate surface area is 121 Å². The summed E-state index contributed by atoms with van der Waals surface area (Å²) >= 11 is 0. The predicted octanol–water partition coefficient (Wildman–Crippen LogP) is 3.45. The summed E-state index contributed by atoms with van der Waals surface area (Å²) in [5.74, 6) is 0.0141. The molecule has 2 atom stereocenters. The summed E-state index contributed by atoms with van der Waals surface area (Å²) in [6.45, 7) is 0.576. The van der Waals surface area contributed by atoms with E-state index in [0.29, 0.717) is 12.5 Å². The van der Waals surface area contributed by atoms with Crippen LogP contribution < -0.4 is 0 Å². The zero-order valence-electron chi connectivity index (χ0n) is 12.0. The number of rotatable bonds is 1. The number of fused-ring (bicyclic) bond motifs is 1. The number of amides is 1. The van der Waals surface area contributed by atoms with E-state index in [1.54, 1.807) is 4.90 Å². The van der Waals surface area contributed by atoms with Crippen molar-refractivity contribution in [3.05, 3.63) is 23.5 Å². The fourth-order valence-electron chi connectivity index (χ4n) is 3.84. The molecule has 0 spiro atoms. The maximum absolute atomic E-state index is 13.1. The second-order valence-corrected chi connectivity index (χ2v) is 6.15. The van der Waals surface area contributed by atoms with Gasteiger partial charge in [0.25, 0.3) is 5.91 Å². The second kappa shape index (κ2) is 5.07. The van der Waals surface area contributed by atoms with E-state index in [9.17, 15) is 18.0 Å². The third-order valence-electron chi connectivity index (χ3n) is 4.75. The highest BCUT2D eigenvalue weighted by Gasteiger charge is 2.42. The van der Waals surface area contributed by atoms with E-state index < -0.39 is 17.6 Å². The van der Waals surface area contributed by atoms with E-state index >= 15 is 0 Å². The smallest absolute Gasteiger partial charge is 0.356 e. The zero-order valence-corrected chi connectivity index (χ0v) is 12.0. The second-order valence-electron chi connectivity index (χ2n) is 6.15. The molecule has 3 rings (SSSR count). The Morgan fingerprint density at radius 1 is 1.19 bits per heavy atom. The third-order valence-corrected chi connectivity index (χ3v) is 4.75. The number of alkyl halides is 3. The molecule has 1 aromatic heterocycles. The largest absolute Gasteiger partial charge is 0.418 e. The van der Waals surface area contributed by atoms with Gasteiger partial charge in [0.15, 0.2) is 0 Å². The molecule has 1 aromatic rings. The van der Waals surface area contributed by atoms with Crippen LogP contribution in [0.4, 0.5) is 13.2 Å². The number of nitrogens with zero attached hydrogens (tertiary/aromatic N) is 2. The van der Waals surface area contributed by atoms with Gasteiger partial charge in [0.2, 0.25) is 0 Å². The zero-order chi connectivity index (χ0) is 15.2. The number of piperidine rings is 1. The molecule has 1 saturated heterocycles. The van der Waals surface area contributed by atoms with Crippen LogP contribution in [-0.2, 0) is 13.2 Å². The van der Waals surface area contributed by atoms with Crippen molar-refractivity contribution in [2.45, 2.75) is 44.3 Å². The van der Waals surface area contributed by atoms with Crippen LogP contribution in [0, 0.1) is 5.92 Å². The van der Waals surface area contributed by atoms with Crippen molar-refractivity contribution in [3.8, 4) is 0 Å². The lowest BCUT2D eigenvalue weighted by Gasteiger charge is -2.37. The summed E-state index contributed by atoms with van der Waals surface area (Å²) in [7, 11) is 1.51. The Balaban J connectivity index is 1.91. The van der Waals surface area contributed by atoms with Gasteiger partial charge >= 0.3 is 6.18 Å². The molecule has 2 unspecified atom stereocenters. The summed E-state index contributed by atoms with van der Waals surface area (Å²) in [6.07, 6.45) is 2.86. The summed E-state index contributed by atoms with van der Waals surface area (Å²) in [5.41, 5.74) is -1.03. The van der Waals surface area contributed by atoms with Gasteiger partial charge in [0, 0.05) is 32.0 Å². The Kier molecular flexibility index (Phi) is 3.50. The maximum Gasteiger partial charge on any atom is 0.418 e. The molecule has 0 N–H and O–H groups in total. The Morgan fingerprint density at radius 3 is 2.62 bits per heavy atom. The average Bonchev–Trinajstić information content (AvgIpc) is 3.02. The minimum atomic E-state index is -4.49. The molecule has 116 valence electrons. The van der Waals surface area contributed by atoms with Crippen LogP contribution in [-0.4, -0.2) is 28.0 Å². The molecule has 1 saturated carbocycles. The Morgan fingerprint density at radius 2 is 1.90 bits per heavy atom. The van der Waals surface area contributed by atoms with Crippen LogP contribution in [0.1, 0.15) is 48.0 Å². The third kappa shape index (κ3) is 2.56. The number of hydrogen-bond acceptors (Lipinski definition) is 1. The SMILES string of the molecule is Cn1cc(C(=O)N2CCCC3CCCC32)c(C(F)(F)F)c1. The molecule has 3 nitrogen and oxygen atoms in total. The van der Waals surface area contributed by atoms with E-state index in [1.165, 1.54) is 17.8 Å². The standard InChI is InChI=1S/C15H19F3N2O/c1-19-8-11(12(9-19)15(16,17)18)14(21)20-7-3-5-10-4-2-6-13(10)20/h8-10,13H,2-7H2,1H3. The van der Waals surface area contributed by atoms with Crippen molar-refractivity contribution >= 4 is 5.91 Å². The number of likely N-dealkylation sites (tertiary alicyclic amines) is 1.